The molecule has 1 saturated heterocycles. The zero-order valence-electron chi connectivity index (χ0n) is 15.4. The molecule has 0 saturated carbocycles. The van der Waals surface area contributed by atoms with Crippen molar-refractivity contribution < 1.29 is 41.7 Å². The van der Waals surface area contributed by atoms with Gasteiger partial charge in [-0.3, -0.25) is 0 Å². The zero-order chi connectivity index (χ0) is 20.6. The number of carbonyl (C=O) groups is 1. The van der Waals surface area contributed by atoms with E-state index in [1.807, 2.05) is 0 Å². The van der Waals surface area contributed by atoms with Gasteiger partial charge in [0.15, 0.2) is 11.7 Å². The minimum Gasteiger partial charge on any atom is -0.491 e. The highest BCUT2D eigenvalue weighted by molar-refractivity contribution is 5.75. The molecule has 5 nitrogen and oxygen atoms in total. The van der Waals surface area contributed by atoms with Crippen molar-refractivity contribution in [3.05, 3.63) is 29.1 Å². The Labute approximate surface area is 154 Å². The Hall–Kier alpha value is -1.87. The highest BCUT2D eigenvalue weighted by Crippen LogP contribution is 2.54. The fraction of sp³-hybridized carbons (Fsp3) is 0.611. The predicted molar refractivity (Wildman–Crippen MR) is 87.4 cm³/mol. The second kappa shape index (κ2) is 7.63. The summed E-state index contributed by atoms with van der Waals surface area (Å²) in [5.74, 6) is -4.53. The molecule has 1 unspecified atom stereocenters. The quantitative estimate of drug-likeness (QED) is 0.589. The van der Waals surface area contributed by atoms with Crippen molar-refractivity contribution in [1.29, 1.82) is 0 Å². The van der Waals surface area contributed by atoms with E-state index in [0.29, 0.717) is 0 Å². The molecule has 27 heavy (non-hydrogen) atoms. The predicted octanol–water partition coefficient (Wildman–Crippen LogP) is 3.68. The van der Waals surface area contributed by atoms with E-state index < -0.39 is 41.5 Å². The van der Waals surface area contributed by atoms with E-state index in [0.717, 1.165) is 13.0 Å². The molecule has 2 rings (SSSR count). The lowest BCUT2D eigenvalue weighted by atomic mass is 9.76. The second-order valence-corrected chi connectivity index (χ2v) is 6.73. The van der Waals surface area contributed by atoms with Gasteiger partial charge in [-0.05, 0) is 19.9 Å². The average Bonchev–Trinajstić information content (AvgIpc) is 2.85. The normalized spacial score (nSPS) is 28.4. The highest BCUT2D eigenvalue weighted by Gasteiger charge is 2.66. The van der Waals surface area contributed by atoms with Gasteiger partial charge in [-0.25, -0.2) is 9.18 Å². The van der Waals surface area contributed by atoms with E-state index in [-0.39, 0.29) is 30.1 Å². The molecule has 0 amide bonds. The minimum atomic E-state index is -4.78. The van der Waals surface area contributed by atoms with Crippen LogP contribution in [-0.2, 0) is 14.3 Å². The number of hydrogen-bond donors (Lipinski definition) is 1. The van der Waals surface area contributed by atoms with Crippen LogP contribution in [0.4, 0.5) is 17.6 Å². The first-order valence-corrected chi connectivity index (χ1v) is 8.33. The molecule has 0 aromatic heterocycles. The zero-order valence-corrected chi connectivity index (χ0v) is 15.4. The number of carboxylic acids is 1. The first-order valence-electron chi connectivity index (χ1n) is 8.33. The maximum absolute atomic E-state index is 14.0. The molecule has 0 radical (unpaired) electrons. The first kappa shape index (κ1) is 21.4. The molecule has 1 heterocycles. The van der Waals surface area contributed by atoms with Gasteiger partial charge < -0.3 is 19.3 Å². The molecule has 152 valence electrons. The summed E-state index contributed by atoms with van der Waals surface area (Å²) in [6.45, 7) is 3.73. The number of hydrogen-bond acceptors (Lipinski definition) is 4. The molecule has 1 aliphatic heterocycles. The molecule has 1 fully saturated rings. The Morgan fingerprint density at radius 2 is 1.96 bits per heavy atom. The summed E-state index contributed by atoms with van der Waals surface area (Å²) in [6, 6.07) is 2.34. The molecule has 0 spiro atoms. The Morgan fingerprint density at radius 1 is 1.33 bits per heavy atom. The molecular weight excluding hydrogens is 372 g/mol. The topological polar surface area (TPSA) is 65.0 Å². The molecule has 0 bridgehead atoms. The summed E-state index contributed by atoms with van der Waals surface area (Å²) >= 11 is 0. The van der Waals surface area contributed by atoms with Crippen molar-refractivity contribution in [1.82, 2.24) is 0 Å². The Kier molecular flexibility index (Phi) is 6.06. The number of halogens is 4. The number of alkyl halides is 3. The third kappa shape index (κ3) is 3.75. The van der Waals surface area contributed by atoms with Gasteiger partial charge in [0.05, 0.1) is 6.61 Å². The van der Waals surface area contributed by atoms with Gasteiger partial charge >= 0.3 is 12.1 Å². The summed E-state index contributed by atoms with van der Waals surface area (Å²) in [6.07, 6.45) is -6.53. The molecule has 9 heteroatoms. The Morgan fingerprint density at radius 3 is 2.48 bits per heavy atom. The van der Waals surface area contributed by atoms with Crippen LogP contribution in [0.2, 0.25) is 0 Å². The van der Waals surface area contributed by atoms with Crippen molar-refractivity contribution in [3.8, 4) is 5.75 Å². The van der Waals surface area contributed by atoms with E-state index >= 15 is 0 Å². The maximum Gasteiger partial charge on any atom is 0.417 e. The molecular formula is C18H22F4O5. The highest BCUT2D eigenvalue weighted by atomic mass is 19.4. The Balaban J connectivity index is 2.57. The van der Waals surface area contributed by atoms with Crippen LogP contribution in [-0.4, -0.2) is 49.3 Å². The van der Waals surface area contributed by atoms with Crippen LogP contribution in [0.25, 0.3) is 0 Å². The van der Waals surface area contributed by atoms with Crippen LogP contribution >= 0.6 is 0 Å². The van der Waals surface area contributed by atoms with Crippen molar-refractivity contribution in [2.24, 2.45) is 5.92 Å². The minimum absolute atomic E-state index is 0.0187. The molecule has 1 N–H and O–H groups in total. The molecule has 1 aromatic rings. The first-order chi connectivity index (χ1) is 12.5. The second-order valence-electron chi connectivity index (χ2n) is 6.73. The lowest BCUT2D eigenvalue weighted by Gasteiger charge is -2.32. The third-order valence-corrected chi connectivity index (χ3v) is 5.18. The van der Waals surface area contributed by atoms with Gasteiger partial charge in [0.25, 0.3) is 0 Å². The third-order valence-electron chi connectivity index (χ3n) is 5.18. The van der Waals surface area contributed by atoms with Crippen molar-refractivity contribution in [2.45, 2.75) is 44.6 Å². The number of rotatable bonds is 6. The van der Waals surface area contributed by atoms with Crippen molar-refractivity contribution >= 4 is 5.97 Å². The lowest BCUT2D eigenvalue weighted by Crippen LogP contribution is -2.47. The van der Waals surface area contributed by atoms with Crippen LogP contribution in [0.1, 0.15) is 30.9 Å². The van der Waals surface area contributed by atoms with Crippen LogP contribution in [0.15, 0.2) is 12.1 Å². The lowest BCUT2D eigenvalue weighted by molar-refractivity contribution is -0.273. The average molecular weight is 394 g/mol. The summed E-state index contributed by atoms with van der Waals surface area (Å²) in [5.41, 5.74) is -2.41. The van der Waals surface area contributed by atoms with E-state index in [1.54, 1.807) is 0 Å². The van der Waals surface area contributed by atoms with Crippen LogP contribution < -0.4 is 4.74 Å². The van der Waals surface area contributed by atoms with Crippen LogP contribution in [0, 0.1) is 18.7 Å². The largest absolute Gasteiger partial charge is 0.491 e. The fourth-order valence-corrected chi connectivity index (χ4v) is 3.38. The molecule has 1 aromatic carbocycles. The summed E-state index contributed by atoms with van der Waals surface area (Å²) in [7, 11) is 1.44. The van der Waals surface area contributed by atoms with Crippen LogP contribution in [0.3, 0.4) is 0 Å². The van der Waals surface area contributed by atoms with Gasteiger partial charge in [-0.2, -0.15) is 13.2 Å². The van der Waals surface area contributed by atoms with Crippen LogP contribution in [0.5, 0.6) is 5.75 Å². The summed E-state index contributed by atoms with van der Waals surface area (Å²) in [5, 5.41) is 9.46. The molecule has 0 aliphatic carbocycles. The van der Waals surface area contributed by atoms with Crippen molar-refractivity contribution in [2.75, 3.05) is 20.3 Å². The smallest absolute Gasteiger partial charge is 0.417 e. The van der Waals surface area contributed by atoms with Crippen molar-refractivity contribution in [3.63, 3.8) is 0 Å². The van der Waals surface area contributed by atoms with E-state index in [2.05, 4.69) is 0 Å². The van der Waals surface area contributed by atoms with E-state index in [9.17, 15) is 27.5 Å². The van der Waals surface area contributed by atoms with E-state index in [4.69, 9.17) is 14.2 Å². The fourth-order valence-electron chi connectivity index (χ4n) is 3.38. The number of methoxy groups -OCH3 is 1. The molecule has 1 aliphatic rings. The Bertz CT molecular complexity index is 706. The standard InChI is InChI=1S/C18H22F4O5/c1-9-12(19)6-5-11(14(9)26-8-7-25-4)13-10(2)17(3,18(20,21)22)27-15(13)16(23)24/h5-6,10,13,15H,7-8H2,1-4H3,(H,23,24)/t10-,13-,15?,17+/m0/s1. The molecule has 4 atom stereocenters. The van der Waals surface area contributed by atoms with Gasteiger partial charge in [0.2, 0.25) is 0 Å². The summed E-state index contributed by atoms with van der Waals surface area (Å²) < 4.78 is 70.2. The SMILES string of the molecule is COCCOc1c([C@H]2C(C(=O)O)O[C@@](C)(C(F)(F)F)[C@H]2C)ccc(F)c1C. The van der Waals surface area contributed by atoms with Gasteiger partial charge in [-0.15, -0.1) is 0 Å². The van der Waals surface area contributed by atoms with Gasteiger partial charge in [-0.1, -0.05) is 13.0 Å². The van der Waals surface area contributed by atoms with E-state index in [1.165, 1.54) is 27.0 Å². The van der Waals surface area contributed by atoms with Gasteiger partial charge in [0.1, 0.15) is 18.2 Å². The number of aliphatic carboxylic acids is 1. The monoisotopic (exact) mass is 394 g/mol. The summed E-state index contributed by atoms with van der Waals surface area (Å²) in [4.78, 5) is 11.6. The number of carboxylic acid groups (broad SMARTS) is 1. The maximum atomic E-state index is 14.0. The van der Waals surface area contributed by atoms with Gasteiger partial charge in [0, 0.05) is 30.1 Å². The number of ether oxygens (including phenoxy) is 3. The number of benzene rings is 1.